The Kier molecular flexibility index (Phi) is 4.90. The molecule has 17 heavy (non-hydrogen) atoms. The fourth-order valence-corrected chi connectivity index (χ4v) is 4.45. The summed E-state index contributed by atoms with van der Waals surface area (Å²) in [5.41, 5.74) is 0.478. The van der Waals surface area contributed by atoms with Gasteiger partial charge in [-0.15, -0.1) is 0 Å². The fourth-order valence-electron chi connectivity index (χ4n) is 3.71. The van der Waals surface area contributed by atoms with Crippen molar-refractivity contribution in [3.63, 3.8) is 0 Å². The minimum absolute atomic E-state index is 0.0949. The predicted molar refractivity (Wildman–Crippen MR) is 75.6 cm³/mol. The highest BCUT2D eigenvalue weighted by Gasteiger charge is 2.36. The summed E-state index contributed by atoms with van der Waals surface area (Å²) in [6, 6.07) is 0.403. The van der Waals surface area contributed by atoms with Gasteiger partial charge in [0.25, 0.3) is 0 Å². The van der Waals surface area contributed by atoms with Gasteiger partial charge in [0.2, 0.25) is 0 Å². The SMILES string of the molecule is CN(CC1(CBr)CCCC1)C1CCCCC1O. The number of aliphatic hydroxyl groups excluding tert-OH is 1. The lowest BCUT2D eigenvalue weighted by atomic mass is 9.85. The molecule has 2 aliphatic rings. The lowest BCUT2D eigenvalue weighted by molar-refractivity contribution is 0.0163. The molecular weight excluding hydrogens is 278 g/mol. The Morgan fingerprint density at radius 3 is 2.41 bits per heavy atom. The molecule has 0 bridgehead atoms. The van der Waals surface area contributed by atoms with Crippen molar-refractivity contribution in [3.8, 4) is 0 Å². The Hall–Kier alpha value is 0.400. The number of aliphatic hydroxyl groups is 1. The maximum atomic E-state index is 10.1. The van der Waals surface area contributed by atoms with Gasteiger partial charge in [-0.25, -0.2) is 0 Å². The molecule has 2 aliphatic carbocycles. The number of hydrogen-bond acceptors (Lipinski definition) is 2. The minimum atomic E-state index is -0.0949. The average molecular weight is 304 g/mol. The van der Waals surface area contributed by atoms with Crippen molar-refractivity contribution >= 4 is 15.9 Å². The molecule has 2 nitrogen and oxygen atoms in total. The third-order valence-corrected chi connectivity index (χ3v) is 5.98. The van der Waals surface area contributed by atoms with Crippen LogP contribution in [0, 0.1) is 5.41 Å². The van der Waals surface area contributed by atoms with Gasteiger partial charge in [0, 0.05) is 17.9 Å². The molecule has 0 saturated heterocycles. The lowest BCUT2D eigenvalue weighted by Crippen LogP contribution is -2.47. The van der Waals surface area contributed by atoms with Crippen LogP contribution < -0.4 is 0 Å². The van der Waals surface area contributed by atoms with Gasteiger partial charge in [0.1, 0.15) is 0 Å². The fraction of sp³-hybridized carbons (Fsp3) is 1.00. The van der Waals surface area contributed by atoms with Gasteiger partial charge in [-0.3, -0.25) is 0 Å². The first-order chi connectivity index (χ1) is 8.17. The van der Waals surface area contributed by atoms with E-state index in [0.717, 1.165) is 18.3 Å². The summed E-state index contributed by atoms with van der Waals surface area (Å²) in [5.74, 6) is 0. The van der Waals surface area contributed by atoms with E-state index >= 15 is 0 Å². The quantitative estimate of drug-likeness (QED) is 0.806. The Balaban J connectivity index is 1.92. The molecule has 2 saturated carbocycles. The zero-order valence-electron chi connectivity index (χ0n) is 11.0. The van der Waals surface area contributed by atoms with Gasteiger partial charge >= 0.3 is 0 Å². The second kappa shape index (κ2) is 6.03. The van der Waals surface area contributed by atoms with Gasteiger partial charge in [-0.1, -0.05) is 41.6 Å². The maximum Gasteiger partial charge on any atom is 0.0695 e. The first-order valence-corrected chi connectivity index (χ1v) is 8.23. The largest absolute Gasteiger partial charge is 0.391 e. The van der Waals surface area contributed by atoms with Crippen LogP contribution in [0.3, 0.4) is 0 Å². The summed E-state index contributed by atoms with van der Waals surface area (Å²) < 4.78 is 0. The molecule has 0 spiro atoms. The van der Waals surface area contributed by atoms with Crippen LogP contribution in [0.15, 0.2) is 0 Å². The number of nitrogens with zero attached hydrogens (tertiary/aromatic N) is 1. The standard InChI is InChI=1S/C14H26BrNO/c1-16(12-6-2-3-7-13(12)17)11-14(10-15)8-4-5-9-14/h12-13,17H,2-11H2,1H3. The molecule has 100 valence electrons. The maximum absolute atomic E-state index is 10.1. The molecule has 0 aromatic carbocycles. The van der Waals surface area contributed by atoms with Crippen LogP contribution in [-0.4, -0.2) is 41.1 Å². The van der Waals surface area contributed by atoms with E-state index in [0.29, 0.717) is 11.5 Å². The van der Waals surface area contributed by atoms with Gasteiger partial charge in [-0.05, 0) is 38.1 Å². The van der Waals surface area contributed by atoms with E-state index in [1.165, 1.54) is 44.9 Å². The van der Waals surface area contributed by atoms with Crippen LogP contribution in [0.5, 0.6) is 0 Å². The molecule has 0 amide bonds. The van der Waals surface area contributed by atoms with Crippen LogP contribution >= 0.6 is 15.9 Å². The Bertz CT molecular complexity index is 240. The first-order valence-electron chi connectivity index (χ1n) is 7.11. The van der Waals surface area contributed by atoms with Crippen molar-refractivity contribution in [1.29, 1.82) is 0 Å². The van der Waals surface area contributed by atoms with E-state index in [-0.39, 0.29) is 6.10 Å². The van der Waals surface area contributed by atoms with Gasteiger partial charge < -0.3 is 10.0 Å². The molecule has 3 heteroatoms. The van der Waals surface area contributed by atoms with E-state index in [2.05, 4.69) is 27.9 Å². The molecule has 2 unspecified atom stereocenters. The highest BCUT2D eigenvalue weighted by Crippen LogP contribution is 2.41. The van der Waals surface area contributed by atoms with E-state index in [1.54, 1.807) is 0 Å². The van der Waals surface area contributed by atoms with Crippen molar-refractivity contribution in [2.75, 3.05) is 18.9 Å². The summed E-state index contributed by atoms with van der Waals surface area (Å²) in [7, 11) is 2.21. The number of likely N-dealkylation sites (N-methyl/N-ethyl adjacent to an activating group) is 1. The van der Waals surface area contributed by atoms with E-state index in [1.807, 2.05) is 0 Å². The van der Waals surface area contributed by atoms with E-state index in [9.17, 15) is 5.11 Å². The number of halogens is 1. The monoisotopic (exact) mass is 303 g/mol. The predicted octanol–water partition coefficient (Wildman–Crippen LogP) is 3.18. The highest BCUT2D eigenvalue weighted by molar-refractivity contribution is 9.09. The number of rotatable bonds is 4. The van der Waals surface area contributed by atoms with Gasteiger partial charge in [0.15, 0.2) is 0 Å². The van der Waals surface area contributed by atoms with Crippen LogP contribution in [-0.2, 0) is 0 Å². The first kappa shape index (κ1) is 13.8. The topological polar surface area (TPSA) is 23.5 Å². The summed E-state index contributed by atoms with van der Waals surface area (Å²) in [4.78, 5) is 2.44. The number of alkyl halides is 1. The molecule has 2 atom stereocenters. The normalized spacial score (nSPS) is 33.2. The minimum Gasteiger partial charge on any atom is -0.391 e. The van der Waals surface area contributed by atoms with E-state index < -0.39 is 0 Å². The van der Waals surface area contributed by atoms with Crippen LogP contribution in [0.4, 0.5) is 0 Å². The molecule has 0 aromatic heterocycles. The second-order valence-corrected chi connectivity index (χ2v) is 6.74. The van der Waals surface area contributed by atoms with Crippen LogP contribution in [0.1, 0.15) is 51.4 Å². The Morgan fingerprint density at radius 2 is 1.82 bits per heavy atom. The molecule has 0 radical (unpaired) electrons. The third kappa shape index (κ3) is 3.24. The molecular formula is C14H26BrNO. The molecule has 2 rings (SSSR count). The number of hydrogen-bond donors (Lipinski definition) is 1. The zero-order chi connectivity index (χ0) is 12.3. The van der Waals surface area contributed by atoms with E-state index in [4.69, 9.17) is 0 Å². The van der Waals surface area contributed by atoms with Crippen LogP contribution in [0.2, 0.25) is 0 Å². The molecule has 1 N–H and O–H groups in total. The third-order valence-electron chi connectivity index (χ3n) is 4.79. The lowest BCUT2D eigenvalue weighted by Gasteiger charge is -2.40. The van der Waals surface area contributed by atoms with Gasteiger partial charge in [-0.2, -0.15) is 0 Å². The Morgan fingerprint density at radius 1 is 1.18 bits per heavy atom. The van der Waals surface area contributed by atoms with Crippen LogP contribution in [0.25, 0.3) is 0 Å². The van der Waals surface area contributed by atoms with Crippen molar-refractivity contribution in [1.82, 2.24) is 4.90 Å². The summed E-state index contributed by atoms with van der Waals surface area (Å²) in [5, 5.41) is 11.2. The molecule has 2 fully saturated rings. The van der Waals surface area contributed by atoms with Crippen molar-refractivity contribution in [2.45, 2.75) is 63.5 Å². The molecule has 0 heterocycles. The summed E-state index contributed by atoms with van der Waals surface area (Å²) in [6.45, 7) is 1.15. The Labute approximate surface area is 114 Å². The van der Waals surface area contributed by atoms with Crippen molar-refractivity contribution in [3.05, 3.63) is 0 Å². The van der Waals surface area contributed by atoms with Gasteiger partial charge in [0.05, 0.1) is 6.10 Å². The average Bonchev–Trinajstić information content (AvgIpc) is 2.79. The summed E-state index contributed by atoms with van der Waals surface area (Å²) >= 11 is 3.71. The molecule has 0 aromatic rings. The van der Waals surface area contributed by atoms with Crippen molar-refractivity contribution in [2.24, 2.45) is 5.41 Å². The van der Waals surface area contributed by atoms with Crippen molar-refractivity contribution < 1.29 is 5.11 Å². The summed E-state index contributed by atoms with van der Waals surface area (Å²) in [6.07, 6.45) is 10.0. The molecule has 0 aliphatic heterocycles. The zero-order valence-corrected chi connectivity index (χ0v) is 12.6. The second-order valence-electron chi connectivity index (χ2n) is 6.18. The highest BCUT2D eigenvalue weighted by atomic mass is 79.9. The smallest absolute Gasteiger partial charge is 0.0695 e.